The van der Waals surface area contributed by atoms with Crippen molar-refractivity contribution in [2.75, 3.05) is 6.61 Å². The van der Waals surface area contributed by atoms with E-state index in [2.05, 4.69) is 38.1 Å². The zero-order valence-corrected chi connectivity index (χ0v) is 9.34. The molecule has 0 saturated heterocycles. The third kappa shape index (κ3) is 3.74. The maximum Gasteiger partial charge on any atom is 0.268 e. The fourth-order valence-corrected chi connectivity index (χ4v) is 1.82. The van der Waals surface area contributed by atoms with Crippen LogP contribution in [0.1, 0.15) is 25.8 Å². The highest BCUT2D eigenvalue weighted by Crippen LogP contribution is 1.96. The predicted molar refractivity (Wildman–Crippen MR) is 57.5 cm³/mol. The van der Waals surface area contributed by atoms with Crippen molar-refractivity contribution in [3.8, 4) is 0 Å². The summed E-state index contributed by atoms with van der Waals surface area (Å²) in [4.78, 5) is 0. The topological polar surface area (TPSA) is 9.23 Å². The molecule has 0 aliphatic carbocycles. The number of rotatable bonds is 5. The first kappa shape index (κ1) is 10.5. The van der Waals surface area contributed by atoms with Crippen LogP contribution in [-0.2, 0) is 10.8 Å². The van der Waals surface area contributed by atoms with Crippen molar-refractivity contribution in [3.05, 3.63) is 29.8 Å². The first-order chi connectivity index (χ1) is 6.36. The summed E-state index contributed by atoms with van der Waals surface area (Å²) < 4.78 is 5.47. The molecular weight excluding hydrogens is 176 g/mol. The molecule has 0 fully saturated rings. The van der Waals surface area contributed by atoms with Gasteiger partial charge < -0.3 is 4.43 Å². The van der Waals surface area contributed by atoms with E-state index in [0.29, 0.717) is 9.76 Å². The molecule has 0 aliphatic rings. The standard InChI is InChI=1S/C11H16OSi/c1-3-9-12-13-11-7-5-10(4-2)6-8-11/h5-8H,3-4,9H2,1-2H3. The Kier molecular flexibility index (Phi) is 4.79. The van der Waals surface area contributed by atoms with E-state index < -0.39 is 0 Å². The SMILES string of the molecule is CCCO[Si]c1ccc(CC)cc1. The first-order valence-electron chi connectivity index (χ1n) is 4.83. The molecule has 0 aromatic heterocycles. The van der Waals surface area contributed by atoms with Gasteiger partial charge in [0.2, 0.25) is 0 Å². The Morgan fingerprint density at radius 1 is 1.15 bits per heavy atom. The summed E-state index contributed by atoms with van der Waals surface area (Å²) in [7, 11) is 0.509. The third-order valence-electron chi connectivity index (χ3n) is 1.86. The molecule has 70 valence electrons. The lowest BCUT2D eigenvalue weighted by Crippen LogP contribution is -2.17. The normalized spacial score (nSPS) is 10.3. The van der Waals surface area contributed by atoms with Crippen molar-refractivity contribution in [1.29, 1.82) is 0 Å². The van der Waals surface area contributed by atoms with Gasteiger partial charge in [0.05, 0.1) is 0 Å². The molecule has 0 heterocycles. The summed E-state index contributed by atoms with van der Waals surface area (Å²) in [5, 5.41) is 1.30. The van der Waals surface area contributed by atoms with Gasteiger partial charge in [0.25, 0.3) is 9.76 Å². The molecule has 2 heteroatoms. The van der Waals surface area contributed by atoms with Crippen molar-refractivity contribution in [1.82, 2.24) is 0 Å². The van der Waals surface area contributed by atoms with Gasteiger partial charge in [-0.1, -0.05) is 38.1 Å². The van der Waals surface area contributed by atoms with Crippen LogP contribution in [0, 0.1) is 0 Å². The summed E-state index contributed by atoms with van der Waals surface area (Å²) >= 11 is 0. The van der Waals surface area contributed by atoms with E-state index in [-0.39, 0.29) is 0 Å². The van der Waals surface area contributed by atoms with Gasteiger partial charge >= 0.3 is 0 Å². The molecule has 0 unspecified atom stereocenters. The number of benzene rings is 1. The van der Waals surface area contributed by atoms with Gasteiger partial charge in [0.1, 0.15) is 0 Å². The maximum atomic E-state index is 5.47. The Balaban J connectivity index is 2.40. The number of hydrogen-bond donors (Lipinski definition) is 0. The maximum absolute atomic E-state index is 5.47. The molecule has 13 heavy (non-hydrogen) atoms. The van der Waals surface area contributed by atoms with Gasteiger partial charge in [0, 0.05) is 6.61 Å². The van der Waals surface area contributed by atoms with Crippen LogP contribution in [0.15, 0.2) is 24.3 Å². The zero-order valence-electron chi connectivity index (χ0n) is 8.34. The summed E-state index contributed by atoms with van der Waals surface area (Å²) in [5.41, 5.74) is 1.39. The van der Waals surface area contributed by atoms with Crippen LogP contribution < -0.4 is 5.19 Å². The molecule has 1 aromatic rings. The second-order valence-electron chi connectivity index (χ2n) is 3.00. The lowest BCUT2D eigenvalue weighted by atomic mass is 10.2. The smallest absolute Gasteiger partial charge is 0.268 e. The number of aryl methyl sites for hydroxylation is 1. The van der Waals surface area contributed by atoms with Gasteiger partial charge in [-0.2, -0.15) is 0 Å². The van der Waals surface area contributed by atoms with Crippen molar-refractivity contribution in [3.63, 3.8) is 0 Å². The molecule has 2 radical (unpaired) electrons. The Bertz CT molecular complexity index is 230. The van der Waals surface area contributed by atoms with Gasteiger partial charge in [0.15, 0.2) is 0 Å². The molecule has 0 saturated carbocycles. The summed E-state index contributed by atoms with van der Waals surface area (Å²) in [6, 6.07) is 8.68. The highest BCUT2D eigenvalue weighted by molar-refractivity contribution is 6.46. The van der Waals surface area contributed by atoms with Crippen molar-refractivity contribution in [2.24, 2.45) is 0 Å². The zero-order chi connectivity index (χ0) is 9.52. The van der Waals surface area contributed by atoms with E-state index in [1.807, 2.05) is 0 Å². The highest BCUT2D eigenvalue weighted by atomic mass is 28.2. The minimum absolute atomic E-state index is 0.509. The summed E-state index contributed by atoms with van der Waals surface area (Å²) in [6.45, 7) is 5.17. The molecular formula is C11H16OSi. The van der Waals surface area contributed by atoms with E-state index >= 15 is 0 Å². The van der Waals surface area contributed by atoms with E-state index in [0.717, 1.165) is 19.4 Å². The van der Waals surface area contributed by atoms with Crippen LogP contribution in [0.3, 0.4) is 0 Å². The van der Waals surface area contributed by atoms with Crippen LogP contribution in [0.25, 0.3) is 0 Å². The Morgan fingerprint density at radius 3 is 2.38 bits per heavy atom. The Morgan fingerprint density at radius 2 is 1.85 bits per heavy atom. The minimum atomic E-state index is 0.509. The molecule has 1 aromatic carbocycles. The largest absolute Gasteiger partial charge is 0.411 e. The molecule has 1 nitrogen and oxygen atoms in total. The monoisotopic (exact) mass is 192 g/mol. The molecule has 1 rings (SSSR count). The quantitative estimate of drug-likeness (QED) is 0.511. The molecule has 0 amide bonds. The average Bonchev–Trinajstić information content (AvgIpc) is 2.19. The lowest BCUT2D eigenvalue weighted by molar-refractivity contribution is 0.341. The Hall–Kier alpha value is -0.603. The first-order valence-corrected chi connectivity index (χ1v) is 5.74. The minimum Gasteiger partial charge on any atom is -0.411 e. The van der Waals surface area contributed by atoms with Gasteiger partial charge in [-0.25, -0.2) is 0 Å². The van der Waals surface area contributed by atoms with E-state index in [1.54, 1.807) is 0 Å². The molecule has 0 atom stereocenters. The van der Waals surface area contributed by atoms with Crippen molar-refractivity contribution < 1.29 is 4.43 Å². The average molecular weight is 192 g/mol. The fourth-order valence-electron chi connectivity index (χ4n) is 1.04. The van der Waals surface area contributed by atoms with Crippen LogP contribution in [0.2, 0.25) is 0 Å². The van der Waals surface area contributed by atoms with Gasteiger partial charge in [-0.3, -0.25) is 0 Å². The summed E-state index contributed by atoms with van der Waals surface area (Å²) in [5.74, 6) is 0. The molecule has 0 spiro atoms. The van der Waals surface area contributed by atoms with Gasteiger partial charge in [-0.05, 0) is 23.6 Å². The van der Waals surface area contributed by atoms with Crippen LogP contribution in [0.4, 0.5) is 0 Å². The second-order valence-corrected chi connectivity index (χ2v) is 4.07. The highest BCUT2D eigenvalue weighted by Gasteiger charge is 1.95. The van der Waals surface area contributed by atoms with Crippen molar-refractivity contribution in [2.45, 2.75) is 26.7 Å². The van der Waals surface area contributed by atoms with Crippen LogP contribution >= 0.6 is 0 Å². The third-order valence-corrected chi connectivity index (χ3v) is 2.78. The van der Waals surface area contributed by atoms with Gasteiger partial charge in [-0.15, -0.1) is 0 Å². The predicted octanol–water partition coefficient (Wildman–Crippen LogP) is 1.92. The number of hydrogen-bond acceptors (Lipinski definition) is 1. The second kappa shape index (κ2) is 5.94. The Labute approximate surface area is 83.1 Å². The lowest BCUT2D eigenvalue weighted by Gasteiger charge is -2.01. The van der Waals surface area contributed by atoms with Crippen molar-refractivity contribution >= 4 is 14.9 Å². The van der Waals surface area contributed by atoms with Crippen LogP contribution in [-0.4, -0.2) is 16.4 Å². The summed E-state index contributed by atoms with van der Waals surface area (Å²) in [6.07, 6.45) is 2.21. The fraction of sp³-hybridized carbons (Fsp3) is 0.455. The molecule has 0 bridgehead atoms. The van der Waals surface area contributed by atoms with E-state index in [9.17, 15) is 0 Å². The van der Waals surface area contributed by atoms with E-state index in [1.165, 1.54) is 10.8 Å². The van der Waals surface area contributed by atoms with E-state index in [4.69, 9.17) is 4.43 Å². The van der Waals surface area contributed by atoms with Crippen LogP contribution in [0.5, 0.6) is 0 Å². The molecule has 0 aliphatic heterocycles. The molecule has 0 N–H and O–H groups in total.